The van der Waals surface area contributed by atoms with Crippen LogP contribution in [0.1, 0.15) is 157 Å². The van der Waals surface area contributed by atoms with Crippen molar-refractivity contribution in [1.82, 2.24) is 25.8 Å². The fraction of sp³-hybridized carbons (Fsp3) is 0.547. The van der Waals surface area contributed by atoms with Gasteiger partial charge in [-0.2, -0.15) is 0 Å². The van der Waals surface area contributed by atoms with Crippen LogP contribution in [-0.2, 0) is 49.5 Å². The van der Waals surface area contributed by atoms with Gasteiger partial charge in [0.15, 0.2) is 23.0 Å². The number of methoxy groups -OCH3 is 2. The molecule has 4 N–H and O–H groups in total. The Morgan fingerprint density at radius 1 is 0.626 bits per heavy atom. The second-order valence-corrected chi connectivity index (χ2v) is 25.7. The number of nitrogens with one attached hydrogen (secondary N) is 4. The van der Waals surface area contributed by atoms with Crippen molar-refractivity contribution in [2.24, 2.45) is 16.8 Å². The number of allylic oxidation sites excluding steroid dienone is 4. The Morgan fingerprint density at radius 3 is 1.83 bits per heavy atom. The molecule has 0 spiro atoms. The molecule has 538 valence electrons. The lowest BCUT2D eigenvalue weighted by Crippen LogP contribution is -2.53. The van der Waals surface area contributed by atoms with E-state index in [4.69, 9.17) is 42.6 Å². The van der Waals surface area contributed by atoms with E-state index >= 15 is 0 Å². The Kier molecular flexibility index (Phi) is 30.7. The summed E-state index contributed by atoms with van der Waals surface area (Å²) in [4.78, 5) is 104. The van der Waals surface area contributed by atoms with Crippen LogP contribution in [0, 0.1) is 11.8 Å². The van der Waals surface area contributed by atoms with E-state index < -0.39 is 36.0 Å². The van der Waals surface area contributed by atoms with Crippen LogP contribution in [0.15, 0.2) is 101 Å². The number of hydrogen-bond acceptors (Lipinski definition) is 17. The minimum absolute atomic E-state index is 0.0117. The standard InChI is InChI=1S/C75H102N8O16/c1-8-19-55-39-58-46-77-62-44-66(64(91-6)42-60(62)73(88)81(58)47-55)97-29-18-30-98-67-45-63-61(43-65(67)92-7)74(89)82-48-56(20-9-2)40-59(82)49-83(63)75(90)99-50-54-23-25-57(26-24-54)79-71(86)52(5)78-72(87)70(51(3)4)80-68(84)27-31-93-33-35-95-37-38-96-36-34-94-32-28-76-69(85)41-53-21-16-14-12-10-11-13-15-17-22-53/h8-9,19-20,23-26,42-48,51-53,58-59,70H,10-18,21-22,27-41,49-50H2,1-7H3,(H,76,85)(H,78,87)(H,79,86)(H,80,84). The van der Waals surface area contributed by atoms with E-state index in [-0.39, 0.29) is 104 Å². The van der Waals surface area contributed by atoms with Crippen LogP contribution in [0.25, 0.3) is 0 Å². The van der Waals surface area contributed by atoms with Gasteiger partial charge in [0.1, 0.15) is 18.7 Å². The number of rotatable bonds is 35. The van der Waals surface area contributed by atoms with Gasteiger partial charge in [0.2, 0.25) is 23.6 Å². The summed E-state index contributed by atoms with van der Waals surface area (Å²) in [5.41, 5.74) is 4.36. The van der Waals surface area contributed by atoms with Crippen molar-refractivity contribution in [1.29, 1.82) is 0 Å². The molecular weight excluding hydrogens is 1270 g/mol. The number of nitrogens with zero attached hydrogens (tertiary/aromatic N) is 4. The number of carbonyl (C=O) groups is 7. The monoisotopic (exact) mass is 1370 g/mol. The number of aliphatic imine (C=N–C) groups is 1. The first-order chi connectivity index (χ1) is 48.1. The van der Waals surface area contributed by atoms with Gasteiger partial charge in [0.25, 0.3) is 11.8 Å². The topological polar surface area (TPSA) is 273 Å². The highest BCUT2D eigenvalue weighted by Crippen LogP contribution is 2.42. The van der Waals surface area contributed by atoms with E-state index in [2.05, 4.69) is 26.3 Å². The number of hydrogen-bond donors (Lipinski definition) is 4. The maximum atomic E-state index is 14.4. The van der Waals surface area contributed by atoms with Crippen molar-refractivity contribution in [3.8, 4) is 23.0 Å². The molecule has 0 bridgehead atoms. The Morgan fingerprint density at radius 2 is 1.20 bits per heavy atom. The van der Waals surface area contributed by atoms with E-state index in [1.54, 1.807) is 91.5 Å². The maximum Gasteiger partial charge on any atom is 0.414 e. The van der Waals surface area contributed by atoms with E-state index in [0.717, 1.165) is 24.0 Å². The molecule has 1 aliphatic carbocycles. The van der Waals surface area contributed by atoms with Gasteiger partial charge in [-0.3, -0.25) is 38.7 Å². The van der Waals surface area contributed by atoms with Gasteiger partial charge >= 0.3 is 6.09 Å². The molecule has 8 rings (SSSR count). The molecule has 99 heavy (non-hydrogen) atoms. The number of ether oxygens (including phenoxy) is 9. The average molecular weight is 1370 g/mol. The van der Waals surface area contributed by atoms with Gasteiger partial charge in [-0.15, -0.1) is 0 Å². The molecule has 5 aliphatic rings. The predicted molar refractivity (Wildman–Crippen MR) is 377 cm³/mol. The molecule has 1 saturated carbocycles. The van der Waals surface area contributed by atoms with Gasteiger partial charge in [-0.25, -0.2) is 4.79 Å². The van der Waals surface area contributed by atoms with Crippen LogP contribution in [0.2, 0.25) is 0 Å². The van der Waals surface area contributed by atoms with Crippen LogP contribution in [0.5, 0.6) is 23.0 Å². The molecular formula is C75H102N8O16. The number of fused-ring (bicyclic) bond motifs is 4. The first-order valence-electron chi connectivity index (χ1n) is 35.1. The van der Waals surface area contributed by atoms with Crippen molar-refractivity contribution in [2.75, 3.05) is 104 Å². The molecule has 4 heterocycles. The zero-order chi connectivity index (χ0) is 70.5. The molecule has 3 aromatic carbocycles. The molecule has 24 nitrogen and oxygen atoms in total. The quantitative estimate of drug-likeness (QED) is 0.0399. The van der Waals surface area contributed by atoms with Gasteiger partial charge in [-0.05, 0) is 99.3 Å². The van der Waals surface area contributed by atoms with Crippen LogP contribution in [0.4, 0.5) is 21.9 Å². The smallest absolute Gasteiger partial charge is 0.414 e. The van der Waals surface area contributed by atoms with E-state index in [9.17, 15) is 33.6 Å². The van der Waals surface area contributed by atoms with Crippen molar-refractivity contribution in [3.05, 3.63) is 113 Å². The Bertz CT molecular complexity index is 3350. The summed E-state index contributed by atoms with van der Waals surface area (Å²) in [6.07, 6.45) is 27.2. The molecule has 7 amide bonds. The third-order valence-corrected chi connectivity index (χ3v) is 17.8. The highest BCUT2D eigenvalue weighted by Gasteiger charge is 2.40. The number of carbonyl (C=O) groups excluding carboxylic acids is 7. The highest BCUT2D eigenvalue weighted by molar-refractivity contribution is 6.07. The molecule has 0 aromatic heterocycles. The minimum Gasteiger partial charge on any atom is -0.493 e. The fourth-order valence-electron chi connectivity index (χ4n) is 12.5. The first kappa shape index (κ1) is 76.2. The molecule has 4 unspecified atom stereocenters. The Labute approximate surface area is 582 Å². The zero-order valence-corrected chi connectivity index (χ0v) is 58.7. The third kappa shape index (κ3) is 23.0. The Hall–Kier alpha value is -8.58. The second-order valence-electron chi connectivity index (χ2n) is 25.7. The summed E-state index contributed by atoms with van der Waals surface area (Å²) in [5.74, 6) is -0.262. The summed E-state index contributed by atoms with van der Waals surface area (Å²) < 4.78 is 52.2. The highest BCUT2D eigenvalue weighted by atomic mass is 16.6. The average Bonchev–Trinajstić information content (AvgIpc) is 1.66. The second kappa shape index (κ2) is 39.9. The summed E-state index contributed by atoms with van der Waals surface area (Å²) in [7, 11) is 2.98. The fourth-order valence-corrected chi connectivity index (χ4v) is 12.5. The predicted octanol–water partition coefficient (Wildman–Crippen LogP) is 10.9. The van der Waals surface area contributed by atoms with Crippen molar-refractivity contribution in [3.63, 3.8) is 0 Å². The third-order valence-electron chi connectivity index (χ3n) is 17.8. The van der Waals surface area contributed by atoms with Crippen LogP contribution in [-0.4, -0.2) is 175 Å². The normalized spacial score (nSPS) is 17.8. The SMILES string of the molecule is CC=CC1=CN2C(=O)c3cc(OC)c(OCCCOc4cc5c(cc4OC)C(=O)N4C=C(C=CC)CC4CN5C(=O)OCc4ccc(NC(=O)C(C)NC(=O)C(NC(=O)CCOCCOCCOCCOCCNC(=O)CC5CCCCCCCCCC5)C(C)C)cc4)cc3N=CC2C1. The molecule has 24 heteroatoms. The molecule has 0 radical (unpaired) electrons. The van der Waals surface area contributed by atoms with E-state index in [0.29, 0.717) is 112 Å². The van der Waals surface area contributed by atoms with E-state index in [1.807, 2.05) is 44.4 Å². The van der Waals surface area contributed by atoms with Crippen LogP contribution >= 0.6 is 0 Å². The summed E-state index contributed by atoms with van der Waals surface area (Å²) >= 11 is 0. The Balaban J connectivity index is 0.733. The van der Waals surface area contributed by atoms with Crippen molar-refractivity contribution < 1.29 is 76.2 Å². The molecule has 4 atom stereocenters. The summed E-state index contributed by atoms with van der Waals surface area (Å²) in [6, 6.07) is 10.7. The molecule has 1 fully saturated rings. The lowest BCUT2D eigenvalue weighted by atomic mass is 9.92. The lowest BCUT2D eigenvalue weighted by molar-refractivity contribution is -0.132. The largest absolute Gasteiger partial charge is 0.493 e. The van der Waals surface area contributed by atoms with E-state index in [1.165, 1.54) is 70.5 Å². The zero-order valence-electron chi connectivity index (χ0n) is 58.7. The first-order valence-corrected chi connectivity index (χ1v) is 35.1. The molecule has 4 aliphatic heterocycles. The minimum atomic E-state index is -0.976. The van der Waals surface area contributed by atoms with Crippen molar-refractivity contribution >= 4 is 64.8 Å². The van der Waals surface area contributed by atoms with Gasteiger partial charge in [0.05, 0.1) is 121 Å². The number of anilines is 2. The van der Waals surface area contributed by atoms with Gasteiger partial charge in [-0.1, -0.05) is 102 Å². The number of benzene rings is 3. The summed E-state index contributed by atoms with van der Waals surface area (Å²) in [5, 5.41) is 11.3. The number of amides is 7. The van der Waals surface area contributed by atoms with Crippen molar-refractivity contribution in [2.45, 2.75) is 162 Å². The lowest BCUT2D eigenvalue weighted by Gasteiger charge is -2.26. The van der Waals surface area contributed by atoms with Crippen LogP contribution in [0.3, 0.4) is 0 Å². The maximum absolute atomic E-state index is 14.4. The van der Waals surface area contributed by atoms with Gasteiger partial charge < -0.3 is 73.7 Å². The summed E-state index contributed by atoms with van der Waals surface area (Å²) in [6.45, 7) is 12.4. The molecule has 3 aromatic rings. The van der Waals surface area contributed by atoms with Gasteiger partial charge in [0, 0.05) is 62.2 Å². The van der Waals surface area contributed by atoms with Crippen LogP contribution < -0.4 is 45.1 Å². The molecule has 0 saturated heterocycles.